The number of hydrogen-bond donors (Lipinski definition) is 0. The molecule has 0 saturated carbocycles. The van der Waals surface area contributed by atoms with Crippen LogP contribution in [0.4, 0.5) is 0 Å². The fourth-order valence-corrected chi connectivity index (χ4v) is 2.45. The first kappa shape index (κ1) is 16.5. The lowest BCUT2D eigenvalue weighted by atomic mass is 10.0. The van der Waals surface area contributed by atoms with Crippen LogP contribution in [0.25, 0.3) is 17.7 Å². The summed E-state index contributed by atoms with van der Waals surface area (Å²) in [6.07, 6.45) is 4.72. The molecule has 2 aromatic carbocycles. The lowest BCUT2D eigenvalue weighted by molar-refractivity contribution is -0.134. The van der Waals surface area contributed by atoms with E-state index >= 15 is 0 Å². The van der Waals surface area contributed by atoms with Crippen LogP contribution in [0.1, 0.15) is 16.7 Å². The SMILES string of the molecule is COC(=O)/C=C/c1ccc2c(c1)/C(=C/c1ccc(OC)cc1)C(=O)O2. The van der Waals surface area contributed by atoms with Crippen LogP contribution < -0.4 is 9.47 Å². The van der Waals surface area contributed by atoms with Crippen LogP contribution in [0.5, 0.6) is 11.5 Å². The minimum atomic E-state index is -0.443. The third kappa shape index (κ3) is 3.61. The van der Waals surface area contributed by atoms with Gasteiger partial charge in [0.2, 0.25) is 0 Å². The van der Waals surface area contributed by atoms with Gasteiger partial charge in [-0.1, -0.05) is 18.2 Å². The maximum absolute atomic E-state index is 12.2. The fraction of sp³-hybridized carbons (Fsp3) is 0.100. The molecular formula is C20H16O5. The predicted octanol–water partition coefficient (Wildman–Crippen LogP) is 3.34. The summed E-state index contributed by atoms with van der Waals surface area (Å²) in [5, 5.41) is 0. The van der Waals surface area contributed by atoms with E-state index in [-0.39, 0.29) is 0 Å². The number of esters is 2. The zero-order valence-electron chi connectivity index (χ0n) is 13.8. The van der Waals surface area contributed by atoms with Gasteiger partial charge in [-0.25, -0.2) is 9.59 Å². The molecule has 0 amide bonds. The highest BCUT2D eigenvalue weighted by Gasteiger charge is 2.26. The second kappa shape index (κ2) is 7.05. The normalized spacial score (nSPS) is 14.5. The lowest BCUT2D eigenvalue weighted by Crippen LogP contribution is -2.00. The number of hydrogen-bond acceptors (Lipinski definition) is 5. The standard InChI is InChI=1S/C20H16O5/c1-23-15-7-3-13(4-8-15)12-17-16-11-14(6-10-19(21)24-2)5-9-18(16)25-20(17)22/h3-12H,1-2H3/b10-6+,17-12-. The third-order valence-electron chi connectivity index (χ3n) is 3.76. The summed E-state index contributed by atoms with van der Waals surface area (Å²) >= 11 is 0. The van der Waals surface area contributed by atoms with Gasteiger partial charge in [0, 0.05) is 11.6 Å². The van der Waals surface area contributed by atoms with E-state index in [1.54, 1.807) is 37.5 Å². The van der Waals surface area contributed by atoms with Gasteiger partial charge < -0.3 is 14.2 Å². The summed E-state index contributed by atoms with van der Waals surface area (Å²) in [4.78, 5) is 23.4. The zero-order chi connectivity index (χ0) is 17.8. The van der Waals surface area contributed by atoms with Crippen LogP contribution in [-0.2, 0) is 14.3 Å². The van der Waals surface area contributed by atoms with Crippen LogP contribution in [0.2, 0.25) is 0 Å². The van der Waals surface area contributed by atoms with Crippen LogP contribution in [0.15, 0.2) is 48.5 Å². The van der Waals surface area contributed by atoms with Gasteiger partial charge in [-0.2, -0.15) is 0 Å². The molecular weight excluding hydrogens is 320 g/mol. The number of methoxy groups -OCH3 is 2. The largest absolute Gasteiger partial charge is 0.497 e. The first-order chi connectivity index (χ1) is 12.1. The molecule has 126 valence electrons. The topological polar surface area (TPSA) is 61.8 Å². The first-order valence-electron chi connectivity index (χ1n) is 7.59. The van der Waals surface area contributed by atoms with Gasteiger partial charge in [0.05, 0.1) is 19.8 Å². The van der Waals surface area contributed by atoms with Gasteiger partial charge in [-0.05, 0) is 47.5 Å². The van der Waals surface area contributed by atoms with E-state index in [2.05, 4.69) is 4.74 Å². The van der Waals surface area contributed by atoms with E-state index in [0.29, 0.717) is 16.9 Å². The number of benzene rings is 2. The number of carbonyl (C=O) groups is 2. The van der Waals surface area contributed by atoms with E-state index in [9.17, 15) is 9.59 Å². The minimum Gasteiger partial charge on any atom is -0.497 e. The maximum atomic E-state index is 12.2. The van der Waals surface area contributed by atoms with Crippen LogP contribution in [0.3, 0.4) is 0 Å². The van der Waals surface area contributed by atoms with E-state index in [1.807, 2.05) is 24.3 Å². The Morgan fingerprint density at radius 1 is 1.04 bits per heavy atom. The predicted molar refractivity (Wildman–Crippen MR) is 94.0 cm³/mol. The van der Waals surface area contributed by atoms with Crippen molar-refractivity contribution in [1.82, 2.24) is 0 Å². The second-order valence-electron chi connectivity index (χ2n) is 5.33. The highest BCUT2D eigenvalue weighted by atomic mass is 16.5. The molecule has 5 nitrogen and oxygen atoms in total. The molecule has 0 radical (unpaired) electrons. The van der Waals surface area contributed by atoms with Crippen molar-refractivity contribution in [2.24, 2.45) is 0 Å². The molecule has 1 aliphatic heterocycles. The Morgan fingerprint density at radius 2 is 1.76 bits per heavy atom. The number of carbonyl (C=O) groups excluding carboxylic acids is 2. The molecule has 0 spiro atoms. The van der Waals surface area contributed by atoms with Gasteiger partial charge in [0.25, 0.3) is 0 Å². The molecule has 1 aliphatic rings. The molecule has 0 N–H and O–H groups in total. The zero-order valence-corrected chi connectivity index (χ0v) is 13.8. The average Bonchev–Trinajstić information content (AvgIpc) is 2.95. The quantitative estimate of drug-likeness (QED) is 0.487. The molecule has 2 aromatic rings. The Morgan fingerprint density at radius 3 is 2.44 bits per heavy atom. The van der Waals surface area contributed by atoms with Gasteiger partial charge >= 0.3 is 11.9 Å². The molecule has 0 saturated heterocycles. The summed E-state index contributed by atoms with van der Waals surface area (Å²) in [7, 11) is 2.92. The molecule has 0 aliphatic carbocycles. The van der Waals surface area contributed by atoms with Crippen LogP contribution in [0, 0.1) is 0 Å². The Kier molecular flexibility index (Phi) is 4.66. The van der Waals surface area contributed by atoms with E-state index < -0.39 is 11.9 Å². The summed E-state index contributed by atoms with van der Waals surface area (Å²) in [5.41, 5.74) is 2.78. The Labute approximate surface area is 145 Å². The first-order valence-corrected chi connectivity index (χ1v) is 7.59. The number of fused-ring (bicyclic) bond motifs is 1. The molecule has 0 fully saturated rings. The number of rotatable bonds is 4. The number of ether oxygens (including phenoxy) is 3. The smallest absolute Gasteiger partial charge is 0.344 e. The van der Waals surface area contributed by atoms with Crippen LogP contribution in [-0.4, -0.2) is 26.2 Å². The summed E-state index contributed by atoms with van der Waals surface area (Å²) in [6.45, 7) is 0. The minimum absolute atomic E-state index is 0.403. The van der Waals surface area contributed by atoms with Gasteiger partial charge in [-0.3, -0.25) is 0 Å². The van der Waals surface area contributed by atoms with Crippen molar-refractivity contribution in [3.63, 3.8) is 0 Å². The Hall–Kier alpha value is -3.34. The van der Waals surface area contributed by atoms with Crippen LogP contribution >= 0.6 is 0 Å². The van der Waals surface area contributed by atoms with Gasteiger partial charge in [0.1, 0.15) is 11.5 Å². The van der Waals surface area contributed by atoms with Crippen molar-refractivity contribution in [1.29, 1.82) is 0 Å². The molecule has 3 rings (SSSR count). The highest BCUT2D eigenvalue weighted by Crippen LogP contribution is 2.36. The molecule has 0 atom stereocenters. The van der Waals surface area contributed by atoms with E-state index in [0.717, 1.165) is 16.9 Å². The third-order valence-corrected chi connectivity index (χ3v) is 3.76. The summed E-state index contributed by atoms with van der Waals surface area (Å²) < 4.78 is 15.0. The molecule has 0 bridgehead atoms. The Balaban J connectivity index is 1.95. The summed E-state index contributed by atoms with van der Waals surface area (Å²) in [6, 6.07) is 12.6. The van der Waals surface area contributed by atoms with E-state index in [1.165, 1.54) is 13.2 Å². The van der Waals surface area contributed by atoms with E-state index in [4.69, 9.17) is 9.47 Å². The fourth-order valence-electron chi connectivity index (χ4n) is 2.45. The molecule has 1 heterocycles. The summed E-state index contributed by atoms with van der Waals surface area (Å²) in [5.74, 6) is 0.397. The second-order valence-corrected chi connectivity index (χ2v) is 5.33. The van der Waals surface area contributed by atoms with Crippen molar-refractivity contribution in [3.8, 4) is 11.5 Å². The van der Waals surface area contributed by atoms with Crippen molar-refractivity contribution in [2.45, 2.75) is 0 Å². The molecule has 25 heavy (non-hydrogen) atoms. The highest BCUT2D eigenvalue weighted by molar-refractivity contribution is 6.26. The van der Waals surface area contributed by atoms with Gasteiger partial charge in [0.15, 0.2) is 0 Å². The average molecular weight is 336 g/mol. The van der Waals surface area contributed by atoms with Crippen molar-refractivity contribution < 1.29 is 23.8 Å². The van der Waals surface area contributed by atoms with Gasteiger partial charge in [-0.15, -0.1) is 0 Å². The maximum Gasteiger partial charge on any atom is 0.344 e. The van der Waals surface area contributed by atoms with Crippen molar-refractivity contribution in [2.75, 3.05) is 14.2 Å². The monoisotopic (exact) mass is 336 g/mol. The lowest BCUT2D eigenvalue weighted by Gasteiger charge is -2.01. The van der Waals surface area contributed by atoms with Crippen molar-refractivity contribution >= 4 is 29.7 Å². The Bertz CT molecular complexity index is 875. The molecule has 0 aromatic heterocycles. The molecule has 5 heteroatoms. The molecule has 0 unspecified atom stereocenters. The van der Waals surface area contributed by atoms with Crippen molar-refractivity contribution in [3.05, 3.63) is 65.2 Å².